The number of amides is 2. The molecule has 1 aromatic rings. The van der Waals surface area contributed by atoms with Gasteiger partial charge in [-0.3, -0.25) is 14.4 Å². The molecule has 1 aromatic carbocycles. The quantitative estimate of drug-likeness (QED) is 0.586. The van der Waals surface area contributed by atoms with Gasteiger partial charge in [-0.2, -0.15) is 0 Å². The largest absolute Gasteiger partial charge is 0.366 e. The second-order valence-electron chi connectivity index (χ2n) is 11.7. The van der Waals surface area contributed by atoms with Crippen molar-refractivity contribution in [2.24, 2.45) is 5.92 Å². The van der Waals surface area contributed by atoms with Crippen molar-refractivity contribution in [2.45, 2.75) is 87.6 Å². The minimum Gasteiger partial charge on any atom is -0.366 e. The van der Waals surface area contributed by atoms with Crippen molar-refractivity contribution in [3.8, 4) is 0 Å². The molecule has 200 valence electrons. The molecule has 5 fully saturated rings. The summed E-state index contributed by atoms with van der Waals surface area (Å²) in [5.74, 6) is 0.235. The number of Topliss-reactive ketones (excluding diaryl/α,β-unsaturated/α-hetero) is 1. The molecule has 8 heteroatoms. The minimum absolute atomic E-state index is 0.0453. The molecule has 3 heterocycles. The molecule has 6 rings (SSSR count). The first-order valence-electron chi connectivity index (χ1n) is 14.3. The van der Waals surface area contributed by atoms with E-state index in [1.807, 2.05) is 19.2 Å². The van der Waals surface area contributed by atoms with E-state index in [-0.39, 0.29) is 42.3 Å². The predicted octanol–water partition coefficient (Wildman–Crippen LogP) is 2.08. The summed E-state index contributed by atoms with van der Waals surface area (Å²) in [5, 5.41) is 6.29. The fourth-order valence-corrected chi connectivity index (χ4v) is 7.16. The molecular formula is C29H40N4O4. The maximum absolute atomic E-state index is 13.9. The number of piperidine rings is 1. The molecule has 0 bridgehead atoms. The van der Waals surface area contributed by atoms with Gasteiger partial charge in [-0.25, -0.2) is 0 Å². The zero-order chi connectivity index (χ0) is 25.5. The summed E-state index contributed by atoms with van der Waals surface area (Å²) in [6.07, 6.45) is 8.70. The lowest BCUT2D eigenvalue weighted by molar-refractivity contribution is -0.139. The van der Waals surface area contributed by atoms with Crippen molar-refractivity contribution >= 4 is 17.6 Å². The molecular weight excluding hydrogens is 468 g/mol. The normalized spacial score (nSPS) is 30.0. The number of ketones is 1. The Kier molecular flexibility index (Phi) is 7.07. The molecule has 3 aliphatic heterocycles. The molecule has 4 atom stereocenters. The Bertz CT molecular complexity index is 1010. The average molecular weight is 509 g/mol. The number of ether oxygens (including phenoxy) is 1. The Labute approximate surface area is 219 Å². The van der Waals surface area contributed by atoms with Gasteiger partial charge >= 0.3 is 0 Å². The van der Waals surface area contributed by atoms with E-state index in [4.69, 9.17) is 4.74 Å². The zero-order valence-corrected chi connectivity index (χ0v) is 21.9. The van der Waals surface area contributed by atoms with Gasteiger partial charge in [0.1, 0.15) is 24.8 Å². The molecule has 5 aliphatic rings. The van der Waals surface area contributed by atoms with Crippen molar-refractivity contribution in [2.75, 3.05) is 33.3 Å². The van der Waals surface area contributed by atoms with Crippen molar-refractivity contribution in [3.05, 3.63) is 35.4 Å². The maximum Gasteiger partial charge on any atom is 0.251 e. The molecule has 0 radical (unpaired) electrons. The van der Waals surface area contributed by atoms with Crippen LogP contribution in [0.5, 0.6) is 0 Å². The topological polar surface area (TPSA) is 91.0 Å². The monoisotopic (exact) mass is 508 g/mol. The summed E-state index contributed by atoms with van der Waals surface area (Å²) in [4.78, 5) is 44.1. The van der Waals surface area contributed by atoms with Crippen LogP contribution in [0.4, 0.5) is 0 Å². The second-order valence-corrected chi connectivity index (χ2v) is 11.7. The van der Waals surface area contributed by atoms with Gasteiger partial charge in [0.2, 0.25) is 5.91 Å². The maximum atomic E-state index is 13.9. The lowest BCUT2D eigenvalue weighted by Gasteiger charge is -2.32. The molecule has 2 amide bonds. The first-order chi connectivity index (χ1) is 18.0. The number of fused-ring (bicyclic) bond motifs is 1. The smallest absolute Gasteiger partial charge is 0.251 e. The number of carbonyl (C=O) groups excluding carboxylic acids is 3. The Morgan fingerprint density at radius 3 is 2.35 bits per heavy atom. The van der Waals surface area contributed by atoms with Gasteiger partial charge < -0.3 is 25.2 Å². The SMILES string of the molecule is CN[C@H]1CN(C(=O)[C@@H](NC(=O)c2ccc(C3CCN(C4CC4)CC3)cc2)C2CCCC2)[C@@H]2C(=O)CO[C@H]12. The standard InChI is InChI=1S/C29H40N4O4/c1-30-23-16-33(26-24(34)17-37-27(23)26)29(36)25(20-4-2-3-5-20)31-28(35)21-8-6-18(7-9-21)19-12-14-32(15-13-19)22-10-11-22/h6-9,19-20,22-23,25-27,30H,2-5,10-17H2,1H3,(H,31,35)/t23-,25-,26+,27+/m0/s1. The van der Waals surface area contributed by atoms with E-state index in [1.54, 1.807) is 4.90 Å². The number of carbonyl (C=O) groups is 3. The van der Waals surface area contributed by atoms with Crippen LogP contribution in [0.1, 0.15) is 73.2 Å². The van der Waals surface area contributed by atoms with Gasteiger partial charge in [-0.05, 0) is 88.2 Å². The van der Waals surface area contributed by atoms with Gasteiger partial charge in [-0.1, -0.05) is 25.0 Å². The molecule has 2 saturated carbocycles. The minimum atomic E-state index is -0.619. The molecule has 37 heavy (non-hydrogen) atoms. The van der Waals surface area contributed by atoms with E-state index in [1.165, 1.54) is 44.3 Å². The number of likely N-dealkylation sites (tertiary alicyclic amines) is 2. The molecule has 2 N–H and O–H groups in total. The summed E-state index contributed by atoms with van der Waals surface area (Å²) in [7, 11) is 1.83. The van der Waals surface area contributed by atoms with E-state index in [0.29, 0.717) is 18.0 Å². The molecule has 3 saturated heterocycles. The van der Waals surface area contributed by atoms with E-state index in [2.05, 4.69) is 27.7 Å². The average Bonchev–Trinajstić information content (AvgIpc) is 3.32. The highest BCUT2D eigenvalue weighted by molar-refractivity contribution is 5.99. The number of benzene rings is 1. The predicted molar refractivity (Wildman–Crippen MR) is 139 cm³/mol. The summed E-state index contributed by atoms with van der Waals surface area (Å²) in [5.41, 5.74) is 1.89. The van der Waals surface area contributed by atoms with Gasteiger partial charge in [-0.15, -0.1) is 0 Å². The first-order valence-corrected chi connectivity index (χ1v) is 14.3. The molecule has 8 nitrogen and oxygen atoms in total. The Morgan fingerprint density at radius 2 is 1.70 bits per heavy atom. The highest BCUT2D eigenvalue weighted by Crippen LogP contribution is 2.35. The van der Waals surface area contributed by atoms with Crippen molar-refractivity contribution in [1.82, 2.24) is 20.4 Å². The number of rotatable bonds is 7. The number of nitrogens with zero attached hydrogens (tertiary/aromatic N) is 2. The first kappa shape index (κ1) is 25.0. The van der Waals surface area contributed by atoms with E-state index in [9.17, 15) is 14.4 Å². The molecule has 0 unspecified atom stereocenters. The fraction of sp³-hybridized carbons (Fsp3) is 0.690. The van der Waals surface area contributed by atoms with Crippen molar-refractivity contribution in [1.29, 1.82) is 0 Å². The van der Waals surface area contributed by atoms with Crippen LogP contribution in [0.15, 0.2) is 24.3 Å². The lowest BCUT2D eigenvalue weighted by Crippen LogP contribution is -2.54. The third-order valence-electron chi connectivity index (χ3n) is 9.50. The number of nitrogens with one attached hydrogen (secondary N) is 2. The number of likely N-dealkylation sites (N-methyl/N-ethyl adjacent to an activating group) is 1. The third kappa shape index (κ3) is 4.95. The number of hydrogen-bond donors (Lipinski definition) is 2. The van der Waals surface area contributed by atoms with Gasteiger partial charge in [0.15, 0.2) is 5.78 Å². The van der Waals surface area contributed by atoms with Crippen LogP contribution in [-0.4, -0.2) is 91.0 Å². The number of hydrogen-bond acceptors (Lipinski definition) is 6. The van der Waals surface area contributed by atoms with Crippen LogP contribution >= 0.6 is 0 Å². The lowest BCUT2D eigenvalue weighted by atomic mass is 9.89. The molecule has 0 aromatic heterocycles. The van der Waals surface area contributed by atoms with Crippen LogP contribution < -0.4 is 10.6 Å². The third-order valence-corrected chi connectivity index (χ3v) is 9.50. The highest BCUT2D eigenvalue weighted by Gasteiger charge is 2.53. The van der Waals surface area contributed by atoms with Gasteiger partial charge in [0.25, 0.3) is 5.91 Å². The van der Waals surface area contributed by atoms with Crippen LogP contribution in [-0.2, 0) is 14.3 Å². The zero-order valence-electron chi connectivity index (χ0n) is 21.9. The van der Waals surface area contributed by atoms with E-state index < -0.39 is 12.1 Å². The summed E-state index contributed by atoms with van der Waals surface area (Å²) < 4.78 is 5.71. The Hall–Kier alpha value is -2.29. The van der Waals surface area contributed by atoms with Crippen LogP contribution in [0.2, 0.25) is 0 Å². The molecule has 0 spiro atoms. The van der Waals surface area contributed by atoms with Crippen LogP contribution in [0.25, 0.3) is 0 Å². The summed E-state index contributed by atoms with van der Waals surface area (Å²) in [6.45, 7) is 2.81. The van der Waals surface area contributed by atoms with E-state index in [0.717, 1.165) is 31.7 Å². The van der Waals surface area contributed by atoms with E-state index >= 15 is 0 Å². The fourth-order valence-electron chi connectivity index (χ4n) is 7.16. The van der Waals surface area contributed by atoms with Crippen molar-refractivity contribution in [3.63, 3.8) is 0 Å². The summed E-state index contributed by atoms with van der Waals surface area (Å²) in [6, 6.07) is 7.58. The highest BCUT2D eigenvalue weighted by atomic mass is 16.5. The second kappa shape index (κ2) is 10.5. The van der Waals surface area contributed by atoms with Gasteiger partial charge in [0.05, 0.1) is 6.04 Å². The molecule has 2 aliphatic carbocycles. The van der Waals surface area contributed by atoms with Crippen molar-refractivity contribution < 1.29 is 19.1 Å². The van der Waals surface area contributed by atoms with Crippen LogP contribution in [0, 0.1) is 5.92 Å². The Morgan fingerprint density at radius 1 is 1.00 bits per heavy atom. The Balaban J connectivity index is 1.13. The summed E-state index contributed by atoms with van der Waals surface area (Å²) >= 11 is 0. The van der Waals surface area contributed by atoms with Gasteiger partial charge in [0, 0.05) is 18.2 Å². The van der Waals surface area contributed by atoms with Crippen LogP contribution in [0.3, 0.4) is 0 Å².